The zero-order valence-corrected chi connectivity index (χ0v) is 13.4. The van der Waals surface area contributed by atoms with Crippen molar-refractivity contribution in [3.05, 3.63) is 68.2 Å². The first-order chi connectivity index (χ1) is 8.90. The van der Waals surface area contributed by atoms with Crippen LogP contribution in [0.2, 0.25) is 0 Å². The number of benzene rings is 2. The smallest absolute Gasteiger partial charge is 0.106 e. The summed E-state index contributed by atoms with van der Waals surface area (Å²) in [6.07, 6.45) is -0.587. The molecule has 0 heterocycles. The van der Waals surface area contributed by atoms with Gasteiger partial charge in [-0.05, 0) is 61.6 Å². The predicted octanol–water partition coefficient (Wildman–Crippen LogP) is 4.76. The lowest BCUT2D eigenvalue weighted by molar-refractivity contribution is 0.218. The molecule has 2 aromatic rings. The number of halogens is 1. The molecule has 0 bridgehead atoms. The van der Waals surface area contributed by atoms with Crippen LogP contribution in [-0.2, 0) is 0 Å². The average molecular weight is 319 g/mol. The Kier molecular flexibility index (Phi) is 4.12. The molecule has 2 rings (SSSR count). The topological polar surface area (TPSA) is 20.2 Å². The molecule has 100 valence electrons. The minimum Gasteiger partial charge on any atom is -0.384 e. The molecule has 0 fully saturated rings. The Bertz CT molecular complexity index is 594. The summed E-state index contributed by atoms with van der Waals surface area (Å²) in [7, 11) is 0. The summed E-state index contributed by atoms with van der Waals surface area (Å²) in [4.78, 5) is 0. The van der Waals surface area contributed by atoms with Crippen molar-refractivity contribution in [2.24, 2.45) is 0 Å². The Morgan fingerprint density at radius 1 is 0.895 bits per heavy atom. The van der Waals surface area contributed by atoms with Crippen LogP contribution in [0.5, 0.6) is 0 Å². The van der Waals surface area contributed by atoms with Crippen molar-refractivity contribution in [2.45, 2.75) is 33.8 Å². The van der Waals surface area contributed by atoms with Gasteiger partial charge in [0.05, 0.1) is 0 Å². The Morgan fingerprint density at radius 3 is 2.00 bits per heavy atom. The summed E-state index contributed by atoms with van der Waals surface area (Å²) in [6.45, 7) is 8.24. The van der Waals surface area contributed by atoms with E-state index in [1.165, 1.54) is 11.1 Å². The predicted molar refractivity (Wildman–Crippen MR) is 83.6 cm³/mol. The number of hydrogen-bond donors (Lipinski definition) is 1. The molecule has 19 heavy (non-hydrogen) atoms. The van der Waals surface area contributed by atoms with Crippen LogP contribution in [0.25, 0.3) is 0 Å². The standard InChI is InChI=1S/C17H19BrO/c1-10-5-6-14(15(18)9-10)17(19)16-12(3)7-11(2)8-13(16)4/h5-9,17,19H,1-4H3. The van der Waals surface area contributed by atoms with Crippen molar-refractivity contribution >= 4 is 15.9 Å². The minimum atomic E-state index is -0.587. The number of aryl methyl sites for hydroxylation is 4. The molecule has 0 saturated heterocycles. The van der Waals surface area contributed by atoms with Gasteiger partial charge >= 0.3 is 0 Å². The largest absolute Gasteiger partial charge is 0.384 e. The molecule has 0 aliphatic carbocycles. The van der Waals surface area contributed by atoms with Crippen molar-refractivity contribution in [1.82, 2.24) is 0 Å². The van der Waals surface area contributed by atoms with Crippen molar-refractivity contribution in [1.29, 1.82) is 0 Å². The van der Waals surface area contributed by atoms with Crippen molar-refractivity contribution < 1.29 is 5.11 Å². The Balaban J connectivity index is 2.53. The third-order valence-corrected chi connectivity index (χ3v) is 4.15. The number of hydrogen-bond acceptors (Lipinski definition) is 1. The second-order valence-electron chi connectivity index (χ2n) is 5.24. The van der Waals surface area contributed by atoms with Crippen LogP contribution in [0.1, 0.15) is 39.5 Å². The van der Waals surface area contributed by atoms with Gasteiger partial charge in [-0.2, -0.15) is 0 Å². The second-order valence-corrected chi connectivity index (χ2v) is 6.09. The molecular weight excluding hydrogens is 300 g/mol. The third-order valence-electron chi connectivity index (χ3n) is 3.46. The van der Waals surface area contributed by atoms with Crippen LogP contribution in [-0.4, -0.2) is 5.11 Å². The Hall–Kier alpha value is -1.12. The van der Waals surface area contributed by atoms with E-state index < -0.39 is 6.10 Å². The minimum absolute atomic E-state index is 0.587. The number of aliphatic hydroxyl groups excluding tert-OH is 1. The lowest BCUT2D eigenvalue weighted by Crippen LogP contribution is -2.06. The highest BCUT2D eigenvalue weighted by Gasteiger charge is 2.18. The fraction of sp³-hybridized carbons (Fsp3) is 0.294. The molecule has 1 unspecified atom stereocenters. The molecule has 2 heteroatoms. The molecule has 2 aromatic carbocycles. The van der Waals surface area contributed by atoms with Gasteiger partial charge in [0.25, 0.3) is 0 Å². The Morgan fingerprint density at radius 2 is 1.47 bits per heavy atom. The zero-order valence-electron chi connectivity index (χ0n) is 11.8. The fourth-order valence-electron chi connectivity index (χ4n) is 2.63. The maximum atomic E-state index is 10.7. The van der Waals surface area contributed by atoms with E-state index in [0.29, 0.717) is 0 Å². The van der Waals surface area contributed by atoms with Gasteiger partial charge in [-0.1, -0.05) is 45.8 Å². The normalized spacial score (nSPS) is 12.5. The molecule has 1 N–H and O–H groups in total. The number of aliphatic hydroxyl groups is 1. The van der Waals surface area contributed by atoms with Crippen LogP contribution in [0.3, 0.4) is 0 Å². The van der Waals surface area contributed by atoms with Crippen molar-refractivity contribution in [3.8, 4) is 0 Å². The van der Waals surface area contributed by atoms with E-state index >= 15 is 0 Å². The van der Waals surface area contributed by atoms with E-state index in [1.807, 2.05) is 25.1 Å². The van der Waals surface area contributed by atoms with Gasteiger partial charge in [0.15, 0.2) is 0 Å². The molecule has 0 radical (unpaired) electrons. The van der Waals surface area contributed by atoms with Gasteiger partial charge in [-0.15, -0.1) is 0 Å². The summed E-state index contributed by atoms with van der Waals surface area (Å²) in [5.74, 6) is 0. The molecule has 0 amide bonds. The highest BCUT2D eigenvalue weighted by Crippen LogP contribution is 2.33. The van der Waals surface area contributed by atoms with Gasteiger partial charge in [-0.3, -0.25) is 0 Å². The summed E-state index contributed by atoms with van der Waals surface area (Å²) in [6, 6.07) is 10.3. The summed E-state index contributed by atoms with van der Waals surface area (Å²) < 4.78 is 0.958. The quantitative estimate of drug-likeness (QED) is 0.846. The number of rotatable bonds is 2. The lowest BCUT2D eigenvalue weighted by Gasteiger charge is -2.19. The van der Waals surface area contributed by atoms with Crippen LogP contribution in [0, 0.1) is 27.7 Å². The van der Waals surface area contributed by atoms with Gasteiger partial charge < -0.3 is 5.11 Å². The second kappa shape index (κ2) is 5.48. The highest BCUT2D eigenvalue weighted by molar-refractivity contribution is 9.10. The zero-order chi connectivity index (χ0) is 14.2. The molecule has 0 aliphatic heterocycles. The fourth-order valence-corrected chi connectivity index (χ4v) is 3.34. The lowest BCUT2D eigenvalue weighted by atomic mass is 9.91. The first kappa shape index (κ1) is 14.3. The highest BCUT2D eigenvalue weighted by atomic mass is 79.9. The van der Waals surface area contributed by atoms with Gasteiger partial charge in [0.1, 0.15) is 6.10 Å². The summed E-state index contributed by atoms with van der Waals surface area (Å²) in [5, 5.41) is 10.7. The van der Waals surface area contributed by atoms with Gasteiger partial charge in [-0.25, -0.2) is 0 Å². The summed E-state index contributed by atoms with van der Waals surface area (Å²) >= 11 is 3.55. The maximum absolute atomic E-state index is 10.7. The van der Waals surface area contributed by atoms with Crippen molar-refractivity contribution in [2.75, 3.05) is 0 Å². The maximum Gasteiger partial charge on any atom is 0.106 e. The molecule has 0 aromatic heterocycles. The van der Waals surface area contributed by atoms with E-state index in [9.17, 15) is 5.11 Å². The average Bonchev–Trinajstić information content (AvgIpc) is 2.26. The van der Waals surface area contributed by atoms with Crippen molar-refractivity contribution in [3.63, 3.8) is 0 Å². The molecule has 1 atom stereocenters. The van der Waals surface area contributed by atoms with E-state index in [-0.39, 0.29) is 0 Å². The Labute approximate surface area is 123 Å². The summed E-state index contributed by atoms with van der Waals surface area (Å²) in [5.41, 5.74) is 6.61. The molecule has 1 nitrogen and oxygen atoms in total. The first-order valence-electron chi connectivity index (χ1n) is 6.42. The molecule has 0 saturated carbocycles. The SMILES string of the molecule is Cc1cc(C)c(C(O)c2ccc(C)cc2Br)c(C)c1. The van der Waals surface area contributed by atoms with Gasteiger partial charge in [0.2, 0.25) is 0 Å². The van der Waals surface area contributed by atoms with E-state index in [0.717, 1.165) is 26.7 Å². The monoisotopic (exact) mass is 318 g/mol. The first-order valence-corrected chi connectivity index (χ1v) is 7.21. The van der Waals surface area contributed by atoms with Crippen LogP contribution in [0.4, 0.5) is 0 Å². The molecular formula is C17H19BrO. The van der Waals surface area contributed by atoms with Gasteiger partial charge in [0, 0.05) is 4.47 Å². The molecule has 0 aliphatic rings. The van der Waals surface area contributed by atoms with E-state index in [4.69, 9.17) is 0 Å². The van der Waals surface area contributed by atoms with E-state index in [1.54, 1.807) is 0 Å². The van der Waals surface area contributed by atoms with Crippen LogP contribution < -0.4 is 0 Å². The third kappa shape index (κ3) is 2.90. The van der Waals surface area contributed by atoms with E-state index in [2.05, 4.69) is 48.8 Å². The molecule has 0 spiro atoms. The van der Waals surface area contributed by atoms with Crippen LogP contribution >= 0.6 is 15.9 Å². The van der Waals surface area contributed by atoms with Crippen LogP contribution in [0.15, 0.2) is 34.8 Å².